The van der Waals surface area contributed by atoms with Crippen molar-refractivity contribution in [3.8, 4) is 12.3 Å². The fourth-order valence-corrected chi connectivity index (χ4v) is 3.08. The van der Waals surface area contributed by atoms with Gasteiger partial charge in [0.25, 0.3) is 0 Å². The third-order valence-corrected chi connectivity index (χ3v) is 4.18. The number of hydrogen-bond acceptors (Lipinski definition) is 5. The Balaban J connectivity index is 2.01. The Bertz CT molecular complexity index is 820. The Labute approximate surface area is 133 Å². The van der Waals surface area contributed by atoms with Crippen molar-refractivity contribution in [2.45, 2.75) is 29.4 Å². The fraction of sp³-hybridized carbons (Fsp3) is 0.188. The molecule has 2 aromatic heterocycles. The van der Waals surface area contributed by atoms with E-state index >= 15 is 0 Å². The van der Waals surface area contributed by atoms with Crippen molar-refractivity contribution in [2.75, 3.05) is 5.73 Å². The van der Waals surface area contributed by atoms with Gasteiger partial charge in [-0.3, -0.25) is 0 Å². The molecule has 6 heteroatoms. The first-order valence-corrected chi connectivity index (χ1v) is 7.74. The second-order valence-electron chi connectivity index (χ2n) is 4.70. The summed E-state index contributed by atoms with van der Waals surface area (Å²) in [5, 5.41) is 0.852. The van der Waals surface area contributed by atoms with Crippen molar-refractivity contribution < 1.29 is 0 Å². The number of hydrogen-bond donors (Lipinski definition) is 1. The van der Waals surface area contributed by atoms with Gasteiger partial charge in [-0.25, -0.2) is 15.0 Å². The highest BCUT2D eigenvalue weighted by molar-refractivity contribution is 7.99. The van der Waals surface area contributed by atoms with Gasteiger partial charge in [0, 0.05) is 17.9 Å². The van der Waals surface area contributed by atoms with Crippen molar-refractivity contribution in [1.82, 2.24) is 19.5 Å². The molecule has 0 saturated heterocycles. The smallest absolute Gasteiger partial charge is 0.175 e. The second kappa shape index (κ2) is 6.50. The number of rotatable bonds is 5. The lowest BCUT2D eigenvalue weighted by atomic mass is 10.3. The number of terminal acetylenes is 1. The summed E-state index contributed by atoms with van der Waals surface area (Å²) >= 11 is 1.58. The molecule has 0 bridgehead atoms. The summed E-state index contributed by atoms with van der Waals surface area (Å²) < 4.78 is 2.06. The van der Waals surface area contributed by atoms with Crippen molar-refractivity contribution >= 4 is 28.7 Å². The number of aryl methyl sites for hydroxylation is 1. The Morgan fingerprint density at radius 3 is 2.82 bits per heavy atom. The average molecular weight is 309 g/mol. The van der Waals surface area contributed by atoms with E-state index in [9.17, 15) is 0 Å². The molecule has 0 saturated carbocycles. The standard InChI is InChI=1S/C16H15N5S/c1-2-3-7-10-21-15-13(14(17)18-11-19-15)20-16(21)22-12-8-5-4-6-9-12/h1,4-6,8-9,11H,3,7,10H2,(H2,17,18,19). The molecule has 0 aliphatic rings. The third-order valence-electron chi connectivity index (χ3n) is 3.18. The molecule has 1 aromatic carbocycles. The predicted molar refractivity (Wildman–Crippen MR) is 88.4 cm³/mol. The highest BCUT2D eigenvalue weighted by atomic mass is 32.2. The zero-order valence-corrected chi connectivity index (χ0v) is 12.8. The first-order chi connectivity index (χ1) is 10.8. The number of unbranched alkanes of at least 4 members (excludes halogenated alkanes) is 1. The van der Waals surface area contributed by atoms with Crippen LogP contribution in [-0.4, -0.2) is 19.5 Å². The Kier molecular flexibility index (Phi) is 4.26. The SMILES string of the molecule is C#CCCCn1c(Sc2ccccc2)nc2c(N)ncnc21. The molecular weight excluding hydrogens is 294 g/mol. The molecule has 22 heavy (non-hydrogen) atoms. The first kappa shape index (κ1) is 14.4. The molecule has 2 heterocycles. The van der Waals surface area contributed by atoms with Crippen LogP contribution in [0.5, 0.6) is 0 Å². The van der Waals surface area contributed by atoms with E-state index in [-0.39, 0.29) is 0 Å². The molecule has 0 radical (unpaired) electrons. The van der Waals surface area contributed by atoms with Gasteiger partial charge >= 0.3 is 0 Å². The lowest BCUT2D eigenvalue weighted by molar-refractivity contribution is 0.615. The van der Waals surface area contributed by atoms with Crippen LogP contribution in [0.15, 0.2) is 46.7 Å². The van der Waals surface area contributed by atoms with E-state index in [0.717, 1.165) is 35.1 Å². The van der Waals surface area contributed by atoms with E-state index in [4.69, 9.17) is 12.2 Å². The molecule has 3 aromatic rings. The van der Waals surface area contributed by atoms with E-state index < -0.39 is 0 Å². The number of imidazole rings is 1. The number of anilines is 1. The number of nitrogen functional groups attached to an aromatic ring is 1. The number of nitrogens with two attached hydrogens (primary N) is 1. The summed E-state index contributed by atoms with van der Waals surface area (Å²) in [5.41, 5.74) is 7.31. The molecule has 0 fully saturated rings. The Morgan fingerprint density at radius 1 is 1.23 bits per heavy atom. The van der Waals surface area contributed by atoms with Gasteiger partial charge < -0.3 is 10.3 Å². The average Bonchev–Trinajstić information content (AvgIpc) is 2.88. The summed E-state index contributed by atoms with van der Waals surface area (Å²) in [7, 11) is 0. The zero-order chi connectivity index (χ0) is 15.4. The lowest BCUT2D eigenvalue weighted by Gasteiger charge is -2.07. The molecule has 2 N–H and O–H groups in total. The van der Waals surface area contributed by atoms with Crippen LogP contribution in [-0.2, 0) is 6.54 Å². The van der Waals surface area contributed by atoms with Gasteiger partial charge in [-0.05, 0) is 18.6 Å². The van der Waals surface area contributed by atoms with Gasteiger partial charge in [0.1, 0.15) is 6.33 Å². The number of aromatic nitrogens is 4. The number of benzene rings is 1. The summed E-state index contributed by atoms with van der Waals surface area (Å²) in [6, 6.07) is 10.1. The first-order valence-electron chi connectivity index (χ1n) is 6.92. The minimum absolute atomic E-state index is 0.399. The fourth-order valence-electron chi connectivity index (χ4n) is 2.15. The minimum Gasteiger partial charge on any atom is -0.382 e. The van der Waals surface area contributed by atoms with Gasteiger partial charge in [0.05, 0.1) is 0 Å². The van der Waals surface area contributed by atoms with Gasteiger partial charge in [-0.15, -0.1) is 12.3 Å². The van der Waals surface area contributed by atoms with Crippen LogP contribution in [0.1, 0.15) is 12.8 Å². The molecule has 5 nitrogen and oxygen atoms in total. The maximum atomic E-state index is 5.92. The largest absolute Gasteiger partial charge is 0.382 e. The number of nitrogens with zero attached hydrogens (tertiary/aromatic N) is 4. The van der Waals surface area contributed by atoms with Crippen LogP contribution in [0.3, 0.4) is 0 Å². The molecule has 0 amide bonds. The van der Waals surface area contributed by atoms with E-state index in [1.807, 2.05) is 30.3 Å². The maximum absolute atomic E-state index is 5.92. The van der Waals surface area contributed by atoms with Crippen LogP contribution in [0.25, 0.3) is 11.2 Å². The monoisotopic (exact) mass is 309 g/mol. The second-order valence-corrected chi connectivity index (χ2v) is 5.74. The van der Waals surface area contributed by atoms with Gasteiger partial charge in [0.15, 0.2) is 22.1 Å². The molecular formula is C16H15N5S. The van der Waals surface area contributed by atoms with E-state index in [1.165, 1.54) is 6.33 Å². The normalized spacial score (nSPS) is 10.7. The topological polar surface area (TPSA) is 69.6 Å². The van der Waals surface area contributed by atoms with Crippen LogP contribution in [0, 0.1) is 12.3 Å². The van der Waals surface area contributed by atoms with Crippen LogP contribution in [0.4, 0.5) is 5.82 Å². The summed E-state index contributed by atoms with van der Waals surface area (Å²) in [4.78, 5) is 14.1. The van der Waals surface area contributed by atoms with E-state index in [1.54, 1.807) is 11.8 Å². The zero-order valence-electron chi connectivity index (χ0n) is 11.9. The van der Waals surface area contributed by atoms with Crippen molar-refractivity contribution in [1.29, 1.82) is 0 Å². The van der Waals surface area contributed by atoms with Crippen LogP contribution in [0.2, 0.25) is 0 Å². The lowest BCUT2D eigenvalue weighted by Crippen LogP contribution is -2.01. The molecule has 0 atom stereocenters. The highest BCUT2D eigenvalue weighted by Gasteiger charge is 2.15. The molecule has 110 valence electrons. The third kappa shape index (κ3) is 2.90. The van der Waals surface area contributed by atoms with Crippen LogP contribution < -0.4 is 5.73 Å². The number of fused-ring (bicyclic) bond motifs is 1. The quantitative estimate of drug-likeness (QED) is 0.579. The Morgan fingerprint density at radius 2 is 2.05 bits per heavy atom. The minimum atomic E-state index is 0.399. The molecule has 3 rings (SSSR count). The summed E-state index contributed by atoms with van der Waals surface area (Å²) in [5.74, 6) is 3.06. The van der Waals surface area contributed by atoms with E-state index in [2.05, 4.69) is 25.4 Å². The molecule has 0 aliphatic carbocycles. The molecule has 0 spiro atoms. The summed E-state index contributed by atoms with van der Waals surface area (Å²) in [6.07, 6.45) is 8.39. The van der Waals surface area contributed by atoms with Gasteiger partial charge in [-0.1, -0.05) is 30.0 Å². The van der Waals surface area contributed by atoms with E-state index in [0.29, 0.717) is 11.3 Å². The van der Waals surface area contributed by atoms with Crippen molar-refractivity contribution in [3.63, 3.8) is 0 Å². The van der Waals surface area contributed by atoms with Gasteiger partial charge in [0.2, 0.25) is 0 Å². The van der Waals surface area contributed by atoms with Crippen LogP contribution >= 0.6 is 11.8 Å². The van der Waals surface area contributed by atoms with Crippen molar-refractivity contribution in [2.24, 2.45) is 0 Å². The maximum Gasteiger partial charge on any atom is 0.175 e. The molecule has 0 aliphatic heterocycles. The van der Waals surface area contributed by atoms with Gasteiger partial charge in [-0.2, -0.15) is 0 Å². The molecule has 0 unspecified atom stereocenters. The Hall–Kier alpha value is -2.52. The summed E-state index contributed by atoms with van der Waals surface area (Å²) in [6.45, 7) is 0.756. The van der Waals surface area contributed by atoms with Crippen molar-refractivity contribution in [3.05, 3.63) is 36.7 Å². The highest BCUT2D eigenvalue weighted by Crippen LogP contribution is 2.30. The predicted octanol–water partition coefficient (Wildman–Crippen LogP) is 2.97.